The summed E-state index contributed by atoms with van der Waals surface area (Å²) in [5.74, 6) is 2.09. The second-order valence-electron chi connectivity index (χ2n) is 3.08. The molecule has 0 radical (unpaired) electrons. The van der Waals surface area contributed by atoms with Crippen LogP contribution < -0.4 is 0 Å². The van der Waals surface area contributed by atoms with Crippen LogP contribution in [-0.2, 0) is 0 Å². The van der Waals surface area contributed by atoms with Gasteiger partial charge in [0.2, 0.25) is 0 Å². The fourth-order valence-electron chi connectivity index (χ4n) is 1.83. The van der Waals surface area contributed by atoms with Crippen molar-refractivity contribution in [2.75, 3.05) is 0 Å². The first-order valence-electron chi connectivity index (χ1n) is 3.84. The molecule has 0 aromatic rings. The molecular weight excluding hydrogens is 96.1 g/mol. The van der Waals surface area contributed by atoms with Gasteiger partial charge in [-0.2, -0.15) is 0 Å². The highest BCUT2D eigenvalue weighted by Crippen LogP contribution is 2.32. The van der Waals surface area contributed by atoms with Gasteiger partial charge in [-0.05, 0) is 11.8 Å². The van der Waals surface area contributed by atoms with Crippen LogP contribution in [0.25, 0.3) is 0 Å². The van der Waals surface area contributed by atoms with E-state index >= 15 is 0 Å². The minimum absolute atomic E-state index is 1.03. The lowest BCUT2D eigenvalue weighted by Crippen LogP contribution is -2.00. The first-order valence-corrected chi connectivity index (χ1v) is 3.84. The predicted octanol–water partition coefficient (Wildman–Crippen LogP) is 2.83. The van der Waals surface area contributed by atoms with E-state index in [-0.39, 0.29) is 0 Å². The quantitative estimate of drug-likeness (QED) is 0.489. The van der Waals surface area contributed by atoms with E-state index in [0.717, 1.165) is 11.8 Å². The summed E-state index contributed by atoms with van der Waals surface area (Å²) in [6.07, 6.45) is 5.87. The van der Waals surface area contributed by atoms with E-state index < -0.39 is 0 Å². The molecule has 0 spiro atoms. The molecule has 0 heteroatoms. The molecule has 8 heavy (non-hydrogen) atoms. The molecule has 0 nitrogen and oxygen atoms in total. The molecule has 0 amide bonds. The van der Waals surface area contributed by atoms with E-state index in [4.69, 9.17) is 0 Å². The first kappa shape index (κ1) is 6.12. The lowest BCUT2D eigenvalue weighted by atomic mass is 9.96. The number of rotatable bonds is 1. The topological polar surface area (TPSA) is 0 Å². The Morgan fingerprint density at radius 2 is 2.12 bits per heavy atom. The van der Waals surface area contributed by atoms with Gasteiger partial charge in [-0.25, -0.2) is 0 Å². The van der Waals surface area contributed by atoms with Crippen molar-refractivity contribution in [3.63, 3.8) is 0 Å². The minimum atomic E-state index is 1.03. The van der Waals surface area contributed by atoms with Gasteiger partial charge < -0.3 is 0 Å². The van der Waals surface area contributed by atoms with Crippen molar-refractivity contribution in [1.29, 1.82) is 0 Å². The lowest BCUT2D eigenvalue weighted by Gasteiger charge is -2.10. The second-order valence-corrected chi connectivity index (χ2v) is 3.08. The Morgan fingerprint density at radius 3 is 2.38 bits per heavy atom. The molecule has 0 aromatic heterocycles. The standard InChI is InChI=1S/C8H16/c1-3-8-6-4-5-7(8)2/h7-8H,3-6H2,1-2H3. The van der Waals surface area contributed by atoms with E-state index in [0.29, 0.717) is 0 Å². The molecule has 2 unspecified atom stereocenters. The molecule has 0 heterocycles. The van der Waals surface area contributed by atoms with E-state index in [9.17, 15) is 0 Å². The third-order valence-corrected chi connectivity index (χ3v) is 2.56. The monoisotopic (exact) mass is 112 g/mol. The van der Waals surface area contributed by atoms with Crippen LogP contribution in [0.15, 0.2) is 0 Å². The van der Waals surface area contributed by atoms with E-state index in [1.807, 2.05) is 0 Å². The summed E-state index contributed by atoms with van der Waals surface area (Å²) in [4.78, 5) is 0. The van der Waals surface area contributed by atoms with Gasteiger partial charge in [0, 0.05) is 0 Å². The fourth-order valence-corrected chi connectivity index (χ4v) is 1.83. The minimum Gasteiger partial charge on any atom is -0.0651 e. The Labute approximate surface area is 52.3 Å². The summed E-state index contributed by atoms with van der Waals surface area (Å²) < 4.78 is 0. The maximum absolute atomic E-state index is 2.39. The molecule has 2 atom stereocenters. The van der Waals surface area contributed by atoms with Crippen molar-refractivity contribution < 1.29 is 0 Å². The van der Waals surface area contributed by atoms with Gasteiger partial charge in [-0.1, -0.05) is 39.5 Å². The van der Waals surface area contributed by atoms with Crippen LogP contribution in [0.3, 0.4) is 0 Å². The van der Waals surface area contributed by atoms with Crippen LogP contribution in [0.2, 0.25) is 0 Å². The van der Waals surface area contributed by atoms with Crippen molar-refractivity contribution in [3.8, 4) is 0 Å². The largest absolute Gasteiger partial charge is 0.0651 e. The Balaban J connectivity index is 2.30. The maximum atomic E-state index is 2.39. The Hall–Kier alpha value is 0. The Bertz CT molecular complexity index is 66.4. The molecule has 0 saturated heterocycles. The summed E-state index contributed by atoms with van der Waals surface area (Å²) >= 11 is 0. The molecule has 0 aliphatic heterocycles. The molecule has 1 saturated carbocycles. The molecule has 0 N–H and O–H groups in total. The zero-order chi connectivity index (χ0) is 5.98. The van der Waals surface area contributed by atoms with Gasteiger partial charge in [0.05, 0.1) is 0 Å². The molecule has 1 fully saturated rings. The highest BCUT2D eigenvalue weighted by molar-refractivity contribution is 4.72. The first-order chi connectivity index (χ1) is 3.84. The van der Waals surface area contributed by atoms with Gasteiger partial charge in [-0.15, -0.1) is 0 Å². The molecular formula is C8H16. The zero-order valence-electron chi connectivity index (χ0n) is 5.98. The van der Waals surface area contributed by atoms with Crippen molar-refractivity contribution in [3.05, 3.63) is 0 Å². The summed E-state index contributed by atoms with van der Waals surface area (Å²) in [5, 5.41) is 0. The van der Waals surface area contributed by atoms with E-state index in [1.165, 1.54) is 25.7 Å². The molecule has 0 bridgehead atoms. The average Bonchev–Trinajstić information content (AvgIpc) is 2.14. The van der Waals surface area contributed by atoms with Crippen molar-refractivity contribution in [1.82, 2.24) is 0 Å². The van der Waals surface area contributed by atoms with E-state index in [2.05, 4.69) is 13.8 Å². The normalized spacial score (nSPS) is 38.2. The van der Waals surface area contributed by atoms with Crippen molar-refractivity contribution >= 4 is 0 Å². The third-order valence-electron chi connectivity index (χ3n) is 2.56. The Morgan fingerprint density at radius 1 is 1.38 bits per heavy atom. The number of hydrogen-bond acceptors (Lipinski definition) is 0. The predicted molar refractivity (Wildman–Crippen MR) is 36.8 cm³/mol. The van der Waals surface area contributed by atoms with Crippen LogP contribution in [0.5, 0.6) is 0 Å². The van der Waals surface area contributed by atoms with Crippen molar-refractivity contribution in [2.45, 2.75) is 39.5 Å². The molecule has 48 valence electrons. The van der Waals surface area contributed by atoms with Crippen LogP contribution >= 0.6 is 0 Å². The highest BCUT2D eigenvalue weighted by atomic mass is 14.3. The lowest BCUT2D eigenvalue weighted by molar-refractivity contribution is 0.407. The highest BCUT2D eigenvalue weighted by Gasteiger charge is 2.20. The van der Waals surface area contributed by atoms with Gasteiger partial charge in [0.1, 0.15) is 0 Å². The maximum Gasteiger partial charge on any atom is -0.0391 e. The fraction of sp³-hybridized carbons (Fsp3) is 1.00. The van der Waals surface area contributed by atoms with E-state index in [1.54, 1.807) is 0 Å². The molecule has 1 aliphatic carbocycles. The summed E-state index contributed by atoms with van der Waals surface area (Å²) in [7, 11) is 0. The van der Waals surface area contributed by atoms with Crippen LogP contribution in [0.4, 0.5) is 0 Å². The molecule has 1 rings (SSSR count). The summed E-state index contributed by atoms with van der Waals surface area (Å²) in [6, 6.07) is 0. The smallest absolute Gasteiger partial charge is 0.0391 e. The summed E-state index contributed by atoms with van der Waals surface area (Å²) in [5.41, 5.74) is 0. The van der Waals surface area contributed by atoms with Gasteiger partial charge in [0.15, 0.2) is 0 Å². The van der Waals surface area contributed by atoms with Gasteiger partial charge in [-0.3, -0.25) is 0 Å². The van der Waals surface area contributed by atoms with Crippen LogP contribution in [0.1, 0.15) is 39.5 Å². The van der Waals surface area contributed by atoms with Crippen LogP contribution in [0, 0.1) is 11.8 Å². The molecule has 0 aromatic carbocycles. The Kier molecular flexibility index (Phi) is 1.93. The number of hydrogen-bond donors (Lipinski definition) is 0. The SMILES string of the molecule is CCC1CCCC1C. The van der Waals surface area contributed by atoms with Crippen molar-refractivity contribution in [2.24, 2.45) is 11.8 Å². The molecule has 1 aliphatic rings. The second kappa shape index (κ2) is 2.52. The van der Waals surface area contributed by atoms with Crippen LogP contribution in [-0.4, -0.2) is 0 Å². The summed E-state index contributed by atoms with van der Waals surface area (Å²) in [6.45, 7) is 4.70. The zero-order valence-corrected chi connectivity index (χ0v) is 5.98. The van der Waals surface area contributed by atoms with Gasteiger partial charge in [0.25, 0.3) is 0 Å². The van der Waals surface area contributed by atoms with Gasteiger partial charge >= 0.3 is 0 Å². The average molecular weight is 112 g/mol. The third kappa shape index (κ3) is 1.04.